The Bertz CT molecular complexity index is 2970. The molecule has 2 aromatic heterocycles. The molecule has 2 heterocycles. The van der Waals surface area contributed by atoms with Crippen LogP contribution in [0.3, 0.4) is 0 Å². The van der Waals surface area contributed by atoms with Crippen LogP contribution in [-0.4, -0.2) is 15.0 Å². The number of fused-ring (bicyclic) bond motifs is 3. The Balaban J connectivity index is 1.15. The van der Waals surface area contributed by atoms with Gasteiger partial charge in [0.15, 0.2) is 17.5 Å². The zero-order valence-electron chi connectivity index (χ0n) is 29.8. The van der Waals surface area contributed by atoms with Crippen molar-refractivity contribution in [3.05, 3.63) is 200 Å². The lowest BCUT2D eigenvalue weighted by atomic mass is 9.96. The highest BCUT2D eigenvalue weighted by Crippen LogP contribution is 2.41. The summed E-state index contributed by atoms with van der Waals surface area (Å²) in [6, 6.07) is 70.3. The molecular weight excluding hydrogens is 687 g/mol. The Hall–Kier alpha value is -7.01. The predicted octanol–water partition coefficient (Wildman–Crippen LogP) is 13.9. The number of benzene rings is 8. The lowest BCUT2D eigenvalue weighted by Crippen LogP contribution is -2.02. The molecule has 0 bridgehead atoms. The van der Waals surface area contributed by atoms with Crippen LogP contribution in [0.25, 0.3) is 98.8 Å². The van der Waals surface area contributed by atoms with E-state index in [1.54, 1.807) is 0 Å². The van der Waals surface area contributed by atoms with E-state index in [9.17, 15) is 0 Å². The quantitative estimate of drug-likeness (QED) is 0.165. The summed E-state index contributed by atoms with van der Waals surface area (Å²) in [5.41, 5.74) is 11.9. The second kappa shape index (κ2) is 14.1. The van der Waals surface area contributed by atoms with Gasteiger partial charge in [-0.15, -0.1) is 11.3 Å². The maximum absolute atomic E-state index is 5.27. The maximum atomic E-state index is 5.27. The van der Waals surface area contributed by atoms with E-state index in [0.29, 0.717) is 17.5 Å². The van der Waals surface area contributed by atoms with Gasteiger partial charge >= 0.3 is 0 Å². The van der Waals surface area contributed by atoms with Gasteiger partial charge in [-0.25, -0.2) is 15.0 Å². The molecule has 0 N–H and O–H groups in total. The van der Waals surface area contributed by atoms with Crippen molar-refractivity contribution in [3.63, 3.8) is 0 Å². The summed E-state index contributed by atoms with van der Waals surface area (Å²) in [5.74, 6) is 1.88. The number of aromatic nitrogens is 3. The summed E-state index contributed by atoms with van der Waals surface area (Å²) in [6.45, 7) is 0. The van der Waals surface area contributed by atoms with Crippen LogP contribution in [0.15, 0.2) is 200 Å². The van der Waals surface area contributed by atoms with Gasteiger partial charge in [0.1, 0.15) is 0 Å². The lowest BCUT2D eigenvalue weighted by molar-refractivity contribution is 1.07. The van der Waals surface area contributed by atoms with E-state index in [4.69, 9.17) is 15.0 Å². The molecule has 0 unspecified atom stereocenters. The van der Waals surface area contributed by atoms with E-state index in [0.717, 1.165) is 44.5 Å². The van der Waals surface area contributed by atoms with Crippen molar-refractivity contribution in [2.75, 3.05) is 0 Å². The highest BCUT2D eigenvalue weighted by Gasteiger charge is 2.19. The summed E-state index contributed by atoms with van der Waals surface area (Å²) in [6.07, 6.45) is 0. The third kappa shape index (κ3) is 6.19. The summed E-state index contributed by atoms with van der Waals surface area (Å²) in [4.78, 5) is 15.8. The average Bonchev–Trinajstić information content (AvgIpc) is 3.66. The van der Waals surface area contributed by atoms with Crippen LogP contribution in [0.5, 0.6) is 0 Å². The highest BCUT2D eigenvalue weighted by atomic mass is 32.1. The minimum atomic E-state index is 0.626. The third-order valence-corrected chi connectivity index (χ3v) is 11.3. The van der Waals surface area contributed by atoms with Crippen molar-refractivity contribution >= 4 is 31.5 Å². The van der Waals surface area contributed by atoms with Crippen LogP contribution in [0.1, 0.15) is 0 Å². The van der Waals surface area contributed by atoms with Crippen LogP contribution < -0.4 is 0 Å². The molecule has 0 amide bonds. The minimum absolute atomic E-state index is 0.626. The largest absolute Gasteiger partial charge is 0.208 e. The second-order valence-electron chi connectivity index (χ2n) is 13.6. The first kappa shape index (κ1) is 32.6. The van der Waals surface area contributed by atoms with E-state index >= 15 is 0 Å². The monoisotopic (exact) mass is 719 g/mol. The van der Waals surface area contributed by atoms with Gasteiger partial charge in [-0.2, -0.15) is 0 Å². The van der Waals surface area contributed by atoms with Crippen LogP contribution in [-0.2, 0) is 0 Å². The average molecular weight is 720 g/mol. The fourth-order valence-corrected chi connectivity index (χ4v) is 8.67. The molecule has 4 heteroatoms. The molecule has 0 aliphatic rings. The molecule has 0 radical (unpaired) electrons. The Morgan fingerprint density at radius 2 is 0.709 bits per heavy atom. The van der Waals surface area contributed by atoms with Gasteiger partial charge in [-0.05, 0) is 62.7 Å². The standard InChI is InChI=1S/C51H33N3S/c1-3-15-34(16-4-1)35-29-31-37(32-30-35)41-22-8-10-24-44(41)51-53-49(52-50(54-51)43-23-9-7-21-40(43)36-17-5-2-6-18-36)39-20-13-19-38(33-39)42-26-14-28-47-48(42)45-25-11-12-27-46(45)55-47/h1-33H. The van der Waals surface area contributed by atoms with E-state index < -0.39 is 0 Å². The molecule has 0 aliphatic carbocycles. The molecule has 3 nitrogen and oxygen atoms in total. The Morgan fingerprint density at radius 1 is 0.273 bits per heavy atom. The molecule has 55 heavy (non-hydrogen) atoms. The summed E-state index contributed by atoms with van der Waals surface area (Å²) in [7, 11) is 0. The Kier molecular flexibility index (Phi) is 8.36. The first-order chi connectivity index (χ1) is 27.3. The fraction of sp³-hybridized carbons (Fsp3) is 0. The molecule has 258 valence electrons. The number of thiophene rings is 1. The molecular formula is C51H33N3S. The highest BCUT2D eigenvalue weighted by molar-refractivity contribution is 7.25. The van der Waals surface area contributed by atoms with Gasteiger partial charge in [0.05, 0.1) is 0 Å². The number of nitrogens with zero attached hydrogens (tertiary/aromatic N) is 3. The van der Waals surface area contributed by atoms with Crippen LogP contribution in [0, 0.1) is 0 Å². The Morgan fingerprint density at radius 3 is 1.40 bits per heavy atom. The van der Waals surface area contributed by atoms with Gasteiger partial charge in [-0.3, -0.25) is 0 Å². The van der Waals surface area contributed by atoms with E-state index in [1.807, 2.05) is 23.5 Å². The number of hydrogen-bond donors (Lipinski definition) is 0. The van der Waals surface area contributed by atoms with Crippen molar-refractivity contribution in [2.24, 2.45) is 0 Å². The number of hydrogen-bond acceptors (Lipinski definition) is 4. The molecule has 0 aliphatic heterocycles. The van der Waals surface area contributed by atoms with E-state index in [1.165, 1.54) is 36.9 Å². The zero-order chi connectivity index (χ0) is 36.6. The second-order valence-corrected chi connectivity index (χ2v) is 14.6. The predicted molar refractivity (Wildman–Crippen MR) is 231 cm³/mol. The summed E-state index contributed by atoms with van der Waals surface area (Å²) < 4.78 is 2.57. The lowest BCUT2D eigenvalue weighted by Gasteiger charge is -2.14. The zero-order valence-corrected chi connectivity index (χ0v) is 30.6. The topological polar surface area (TPSA) is 38.7 Å². The third-order valence-electron chi connectivity index (χ3n) is 10.2. The van der Waals surface area contributed by atoms with E-state index in [-0.39, 0.29) is 0 Å². The molecule has 0 atom stereocenters. The van der Waals surface area contributed by atoms with Crippen molar-refractivity contribution in [1.82, 2.24) is 15.0 Å². The molecule has 10 aromatic rings. The van der Waals surface area contributed by atoms with Gasteiger partial charge in [0.2, 0.25) is 0 Å². The molecule has 0 saturated carbocycles. The molecule has 0 saturated heterocycles. The molecule has 0 fully saturated rings. The van der Waals surface area contributed by atoms with Crippen LogP contribution >= 0.6 is 11.3 Å². The summed E-state index contributed by atoms with van der Waals surface area (Å²) >= 11 is 1.84. The first-order valence-electron chi connectivity index (χ1n) is 18.4. The van der Waals surface area contributed by atoms with Crippen molar-refractivity contribution in [1.29, 1.82) is 0 Å². The summed E-state index contributed by atoms with van der Waals surface area (Å²) in [5, 5.41) is 2.56. The molecule has 8 aromatic carbocycles. The minimum Gasteiger partial charge on any atom is -0.208 e. The smallest absolute Gasteiger partial charge is 0.164 e. The van der Waals surface area contributed by atoms with Gasteiger partial charge < -0.3 is 0 Å². The van der Waals surface area contributed by atoms with Crippen molar-refractivity contribution in [2.45, 2.75) is 0 Å². The molecule has 0 spiro atoms. The Labute approximate surface area is 323 Å². The maximum Gasteiger partial charge on any atom is 0.164 e. The first-order valence-corrected chi connectivity index (χ1v) is 19.3. The van der Waals surface area contributed by atoms with Crippen molar-refractivity contribution in [3.8, 4) is 78.7 Å². The van der Waals surface area contributed by atoms with Crippen LogP contribution in [0.4, 0.5) is 0 Å². The van der Waals surface area contributed by atoms with Gasteiger partial charge in [0.25, 0.3) is 0 Å². The van der Waals surface area contributed by atoms with Crippen molar-refractivity contribution < 1.29 is 0 Å². The SMILES string of the molecule is c1ccc(-c2ccc(-c3ccccc3-c3nc(-c4cccc(-c5cccc6sc7ccccc7c56)c4)nc(-c4ccccc4-c4ccccc4)n3)cc2)cc1. The fourth-order valence-electron chi connectivity index (χ4n) is 7.54. The van der Waals surface area contributed by atoms with Gasteiger partial charge in [-0.1, -0.05) is 182 Å². The van der Waals surface area contributed by atoms with E-state index in [2.05, 4.69) is 188 Å². The van der Waals surface area contributed by atoms with Gasteiger partial charge in [0, 0.05) is 36.9 Å². The normalized spacial score (nSPS) is 11.3. The molecule has 10 rings (SSSR count). The van der Waals surface area contributed by atoms with Crippen LogP contribution in [0.2, 0.25) is 0 Å². The number of rotatable bonds is 7.